The van der Waals surface area contributed by atoms with Crippen LogP contribution in [-0.2, 0) is 13.7 Å². The number of aromatic nitrogens is 5. The molecule has 0 bridgehead atoms. The minimum atomic E-state index is -0.104. The average Bonchev–Trinajstić information content (AvgIpc) is 2.71. The first-order chi connectivity index (χ1) is 6.29. The molecule has 0 aliphatic rings. The van der Waals surface area contributed by atoms with E-state index in [2.05, 4.69) is 15.4 Å². The predicted molar refractivity (Wildman–Crippen MR) is 44.0 cm³/mol. The van der Waals surface area contributed by atoms with Gasteiger partial charge in [-0.1, -0.05) is 5.21 Å². The average molecular weight is 179 g/mol. The van der Waals surface area contributed by atoms with Gasteiger partial charge in [0.25, 0.3) is 0 Å². The third-order valence-corrected chi connectivity index (χ3v) is 1.64. The van der Waals surface area contributed by atoms with Crippen molar-refractivity contribution in [1.82, 2.24) is 24.8 Å². The molecule has 0 aromatic carbocycles. The van der Waals surface area contributed by atoms with Crippen LogP contribution < -0.4 is 0 Å². The van der Waals surface area contributed by atoms with Crippen molar-refractivity contribution in [1.29, 1.82) is 0 Å². The molecule has 0 unspecified atom stereocenters. The summed E-state index contributed by atoms with van der Waals surface area (Å²) in [5, 5.41) is 20.4. The Morgan fingerprint density at radius 3 is 2.92 bits per heavy atom. The van der Waals surface area contributed by atoms with Gasteiger partial charge in [0.1, 0.15) is 5.69 Å². The molecular formula is C7H9N5O. The molecule has 0 saturated heterocycles. The lowest BCUT2D eigenvalue weighted by Gasteiger charge is -1.90. The number of rotatable bonds is 2. The first-order valence-electron chi connectivity index (χ1n) is 3.81. The fraction of sp³-hybridized carbons (Fsp3) is 0.286. The van der Waals surface area contributed by atoms with Crippen LogP contribution in [-0.4, -0.2) is 29.9 Å². The summed E-state index contributed by atoms with van der Waals surface area (Å²) >= 11 is 0. The molecule has 6 heteroatoms. The Balaban J connectivity index is 2.35. The van der Waals surface area contributed by atoms with Crippen molar-refractivity contribution >= 4 is 0 Å². The van der Waals surface area contributed by atoms with Crippen LogP contribution in [0.4, 0.5) is 0 Å². The third kappa shape index (κ3) is 1.43. The number of aliphatic hydroxyl groups excluding tert-OH is 1. The molecule has 6 nitrogen and oxygen atoms in total. The van der Waals surface area contributed by atoms with Gasteiger partial charge in [-0.15, -0.1) is 5.10 Å². The van der Waals surface area contributed by atoms with Crippen molar-refractivity contribution < 1.29 is 5.11 Å². The maximum atomic E-state index is 8.76. The molecule has 2 heterocycles. The number of nitrogens with zero attached hydrogens (tertiary/aromatic N) is 5. The number of hydrogen-bond acceptors (Lipinski definition) is 4. The lowest BCUT2D eigenvalue weighted by atomic mass is 10.5. The summed E-state index contributed by atoms with van der Waals surface area (Å²) in [6.07, 6.45) is 3.46. The van der Waals surface area contributed by atoms with Crippen LogP contribution in [0.2, 0.25) is 0 Å². The van der Waals surface area contributed by atoms with E-state index in [1.165, 1.54) is 4.68 Å². The van der Waals surface area contributed by atoms with Crippen molar-refractivity contribution in [3.05, 3.63) is 24.2 Å². The molecule has 0 aliphatic carbocycles. The maximum Gasteiger partial charge on any atom is 0.176 e. The van der Waals surface area contributed by atoms with E-state index in [-0.39, 0.29) is 6.61 Å². The van der Waals surface area contributed by atoms with Gasteiger partial charge in [-0.3, -0.25) is 4.68 Å². The Labute approximate surface area is 74.4 Å². The number of hydrogen-bond donors (Lipinski definition) is 1. The fourth-order valence-corrected chi connectivity index (χ4v) is 1.01. The summed E-state index contributed by atoms with van der Waals surface area (Å²) in [5.41, 5.74) is 0.533. The Kier molecular flexibility index (Phi) is 1.82. The minimum Gasteiger partial charge on any atom is -0.390 e. The van der Waals surface area contributed by atoms with Crippen LogP contribution in [0.25, 0.3) is 5.82 Å². The van der Waals surface area contributed by atoms with E-state index < -0.39 is 0 Å². The van der Waals surface area contributed by atoms with Crippen LogP contribution in [0.3, 0.4) is 0 Å². The van der Waals surface area contributed by atoms with Crippen molar-refractivity contribution in [2.45, 2.75) is 6.61 Å². The lowest BCUT2D eigenvalue weighted by Crippen LogP contribution is -1.97. The first kappa shape index (κ1) is 7.93. The van der Waals surface area contributed by atoms with Gasteiger partial charge >= 0.3 is 0 Å². The Bertz CT molecular complexity index is 404. The Morgan fingerprint density at radius 2 is 2.38 bits per heavy atom. The number of aliphatic hydroxyl groups is 1. The SMILES string of the molecule is Cn1ccc(-n2cc(CO)nn2)n1. The maximum absolute atomic E-state index is 8.76. The molecule has 2 aromatic rings. The van der Waals surface area contributed by atoms with Crippen LogP contribution in [0.1, 0.15) is 5.69 Å². The quantitative estimate of drug-likeness (QED) is 0.674. The van der Waals surface area contributed by atoms with Crippen LogP contribution in [0.5, 0.6) is 0 Å². The molecule has 0 amide bonds. The van der Waals surface area contributed by atoms with E-state index in [1.54, 1.807) is 10.9 Å². The number of aryl methyl sites for hydroxylation is 1. The van der Waals surface area contributed by atoms with E-state index in [0.717, 1.165) is 0 Å². The van der Waals surface area contributed by atoms with Crippen molar-refractivity contribution in [3.63, 3.8) is 0 Å². The van der Waals surface area contributed by atoms with Gasteiger partial charge in [-0.2, -0.15) is 5.10 Å². The highest BCUT2D eigenvalue weighted by Gasteiger charge is 2.03. The smallest absolute Gasteiger partial charge is 0.176 e. The predicted octanol–water partition coefficient (Wildman–Crippen LogP) is -0.507. The van der Waals surface area contributed by atoms with Crippen molar-refractivity contribution in [3.8, 4) is 5.82 Å². The summed E-state index contributed by atoms with van der Waals surface area (Å²) in [5.74, 6) is 0.690. The van der Waals surface area contributed by atoms with Crippen LogP contribution in [0.15, 0.2) is 18.5 Å². The molecule has 13 heavy (non-hydrogen) atoms. The Hall–Kier alpha value is -1.69. The monoisotopic (exact) mass is 179 g/mol. The summed E-state index contributed by atoms with van der Waals surface area (Å²) in [7, 11) is 1.83. The van der Waals surface area contributed by atoms with Crippen LogP contribution >= 0.6 is 0 Å². The van der Waals surface area contributed by atoms with E-state index in [9.17, 15) is 0 Å². The largest absolute Gasteiger partial charge is 0.390 e. The van der Waals surface area contributed by atoms with E-state index in [0.29, 0.717) is 11.5 Å². The Morgan fingerprint density at radius 1 is 1.54 bits per heavy atom. The highest BCUT2D eigenvalue weighted by molar-refractivity contribution is 5.17. The van der Waals surface area contributed by atoms with E-state index >= 15 is 0 Å². The van der Waals surface area contributed by atoms with Gasteiger partial charge < -0.3 is 5.11 Å². The van der Waals surface area contributed by atoms with Gasteiger partial charge in [-0.05, 0) is 0 Å². The zero-order valence-electron chi connectivity index (χ0n) is 7.12. The van der Waals surface area contributed by atoms with Crippen molar-refractivity contribution in [2.24, 2.45) is 7.05 Å². The van der Waals surface area contributed by atoms with E-state index in [1.807, 2.05) is 19.3 Å². The third-order valence-electron chi connectivity index (χ3n) is 1.64. The molecule has 1 N–H and O–H groups in total. The highest BCUT2D eigenvalue weighted by Crippen LogP contribution is 2.02. The van der Waals surface area contributed by atoms with Gasteiger partial charge in [0.05, 0.1) is 12.8 Å². The molecule has 0 aliphatic heterocycles. The lowest BCUT2D eigenvalue weighted by molar-refractivity contribution is 0.276. The van der Waals surface area contributed by atoms with Crippen molar-refractivity contribution in [2.75, 3.05) is 0 Å². The van der Waals surface area contributed by atoms with Gasteiger partial charge in [-0.25, -0.2) is 4.68 Å². The second-order valence-electron chi connectivity index (χ2n) is 2.66. The summed E-state index contributed by atoms with van der Waals surface area (Å²) in [6.45, 7) is -0.104. The zero-order chi connectivity index (χ0) is 9.26. The zero-order valence-corrected chi connectivity index (χ0v) is 7.12. The molecule has 0 spiro atoms. The van der Waals surface area contributed by atoms with Gasteiger partial charge in [0.2, 0.25) is 0 Å². The van der Waals surface area contributed by atoms with Crippen LogP contribution in [0, 0.1) is 0 Å². The molecule has 68 valence electrons. The molecular weight excluding hydrogens is 170 g/mol. The van der Waals surface area contributed by atoms with Gasteiger partial charge in [0, 0.05) is 19.3 Å². The molecule has 0 radical (unpaired) electrons. The summed E-state index contributed by atoms with van der Waals surface area (Å²) < 4.78 is 3.20. The molecule has 0 saturated carbocycles. The summed E-state index contributed by atoms with van der Waals surface area (Å²) in [6, 6.07) is 1.82. The van der Waals surface area contributed by atoms with E-state index in [4.69, 9.17) is 5.11 Å². The molecule has 2 rings (SSSR count). The summed E-state index contributed by atoms with van der Waals surface area (Å²) in [4.78, 5) is 0. The second kappa shape index (κ2) is 2.98. The normalized spacial score (nSPS) is 10.6. The molecule has 2 aromatic heterocycles. The first-order valence-corrected chi connectivity index (χ1v) is 3.81. The minimum absolute atomic E-state index is 0.104. The standard InChI is InChI=1S/C7H9N5O/c1-11-3-2-7(9-11)12-4-6(5-13)8-10-12/h2-4,13H,5H2,1H3. The van der Waals surface area contributed by atoms with Gasteiger partial charge in [0.15, 0.2) is 5.82 Å². The fourth-order valence-electron chi connectivity index (χ4n) is 1.01. The highest BCUT2D eigenvalue weighted by atomic mass is 16.3. The molecule has 0 atom stereocenters. The topological polar surface area (TPSA) is 68.8 Å². The molecule has 0 fully saturated rings. The second-order valence-corrected chi connectivity index (χ2v) is 2.66.